The molecule has 0 aromatic heterocycles. The summed E-state index contributed by atoms with van der Waals surface area (Å²) in [6, 6.07) is 20.7. The zero-order valence-corrected chi connectivity index (χ0v) is 25.0. The van der Waals surface area contributed by atoms with E-state index >= 15 is 0 Å². The summed E-state index contributed by atoms with van der Waals surface area (Å²) < 4.78 is 5.37. The summed E-state index contributed by atoms with van der Waals surface area (Å²) in [5.74, 6) is -1.39. The molecule has 0 spiro atoms. The fraction of sp³-hybridized carbons (Fsp3) is 0.355. The molecule has 13 nitrogen and oxygen atoms in total. The Morgan fingerprint density at radius 3 is 2.30 bits per heavy atom. The maximum atomic E-state index is 13.6. The Hall–Kier alpha value is -5.20. The molecule has 3 amide bonds. The smallest absolute Gasteiger partial charge is 0.408 e. The van der Waals surface area contributed by atoms with Crippen molar-refractivity contribution >= 4 is 34.6 Å². The van der Waals surface area contributed by atoms with Crippen LogP contribution in [0.15, 0.2) is 77.9 Å². The van der Waals surface area contributed by atoms with Crippen molar-refractivity contribution in [2.75, 3.05) is 6.54 Å². The van der Waals surface area contributed by atoms with Gasteiger partial charge in [0.1, 0.15) is 22.8 Å². The molecular formula is C31H39N7O6. The summed E-state index contributed by atoms with van der Waals surface area (Å²) in [6.07, 6.45) is -0.138. The second-order valence-corrected chi connectivity index (χ2v) is 11.1. The van der Waals surface area contributed by atoms with Gasteiger partial charge in [0.15, 0.2) is 5.03 Å². The van der Waals surface area contributed by atoms with Gasteiger partial charge in [-0.1, -0.05) is 72.8 Å². The number of amides is 3. The normalized spacial score (nSPS) is 12.9. The summed E-state index contributed by atoms with van der Waals surface area (Å²) in [5, 5.41) is 25.6. The van der Waals surface area contributed by atoms with Crippen LogP contribution in [0.2, 0.25) is 0 Å². The van der Waals surface area contributed by atoms with Crippen LogP contribution in [-0.4, -0.2) is 53.1 Å². The summed E-state index contributed by atoms with van der Waals surface area (Å²) in [5.41, 5.74) is 6.41. The molecule has 0 aliphatic carbocycles. The Labute approximate surface area is 255 Å². The number of nitrogens with zero attached hydrogens (tertiary/aromatic N) is 2. The largest absolute Gasteiger partial charge is 0.444 e. The van der Waals surface area contributed by atoms with E-state index in [1.165, 1.54) is 0 Å². The van der Waals surface area contributed by atoms with Crippen LogP contribution in [0.3, 0.4) is 0 Å². The van der Waals surface area contributed by atoms with Gasteiger partial charge < -0.3 is 31.7 Å². The van der Waals surface area contributed by atoms with Crippen molar-refractivity contribution in [2.24, 2.45) is 10.8 Å². The number of carbonyl (C=O) groups is 3. The van der Waals surface area contributed by atoms with Gasteiger partial charge in [0, 0.05) is 19.5 Å². The molecule has 0 saturated carbocycles. The fourth-order valence-electron chi connectivity index (χ4n) is 4.45. The van der Waals surface area contributed by atoms with Gasteiger partial charge in [-0.25, -0.2) is 14.9 Å². The van der Waals surface area contributed by atoms with Crippen LogP contribution in [0.5, 0.6) is 0 Å². The quantitative estimate of drug-likeness (QED) is 0.0646. The number of ether oxygens (including phenoxy) is 1. The summed E-state index contributed by atoms with van der Waals surface area (Å²) in [6.45, 7) is 5.53. The van der Waals surface area contributed by atoms with Gasteiger partial charge in [-0.05, 0) is 55.5 Å². The van der Waals surface area contributed by atoms with Gasteiger partial charge in [-0.3, -0.25) is 9.59 Å². The first-order chi connectivity index (χ1) is 20.9. The molecule has 0 aliphatic heterocycles. The van der Waals surface area contributed by atoms with Crippen LogP contribution in [0.25, 0.3) is 10.8 Å². The van der Waals surface area contributed by atoms with E-state index < -0.39 is 40.6 Å². The molecule has 3 aromatic rings. The third-order valence-corrected chi connectivity index (χ3v) is 6.42. The Morgan fingerprint density at radius 1 is 0.909 bits per heavy atom. The molecule has 0 aliphatic rings. The molecule has 0 fully saturated rings. The van der Waals surface area contributed by atoms with Crippen molar-refractivity contribution in [3.63, 3.8) is 0 Å². The van der Waals surface area contributed by atoms with E-state index in [-0.39, 0.29) is 31.9 Å². The number of benzene rings is 3. The lowest BCUT2D eigenvalue weighted by Gasteiger charge is -2.25. The second-order valence-electron chi connectivity index (χ2n) is 11.1. The highest BCUT2D eigenvalue weighted by atomic mass is 16.7. The van der Waals surface area contributed by atoms with Gasteiger partial charge in [0.25, 0.3) is 5.96 Å². The Morgan fingerprint density at radius 2 is 1.59 bits per heavy atom. The van der Waals surface area contributed by atoms with E-state index in [0.29, 0.717) is 6.42 Å². The van der Waals surface area contributed by atoms with Crippen molar-refractivity contribution in [3.05, 3.63) is 94.0 Å². The van der Waals surface area contributed by atoms with Crippen LogP contribution in [0.1, 0.15) is 44.7 Å². The van der Waals surface area contributed by atoms with E-state index in [1.807, 2.05) is 72.8 Å². The minimum absolute atomic E-state index is 0.158. The molecule has 3 aromatic carbocycles. The molecule has 2 atom stereocenters. The number of hydrogen-bond acceptors (Lipinski definition) is 6. The molecule has 0 saturated heterocycles. The van der Waals surface area contributed by atoms with Crippen molar-refractivity contribution in [3.8, 4) is 0 Å². The van der Waals surface area contributed by atoms with E-state index in [0.717, 1.165) is 21.9 Å². The molecule has 234 valence electrons. The number of rotatable bonds is 13. The number of nitro groups is 1. The lowest BCUT2D eigenvalue weighted by Crippen LogP contribution is -2.55. The van der Waals surface area contributed by atoms with Crippen molar-refractivity contribution in [1.82, 2.24) is 21.3 Å². The summed E-state index contributed by atoms with van der Waals surface area (Å²) in [4.78, 5) is 50.2. The van der Waals surface area contributed by atoms with Crippen molar-refractivity contribution in [1.29, 1.82) is 0 Å². The maximum Gasteiger partial charge on any atom is 0.408 e. The number of alkyl carbamates (subject to hydrolysis) is 1. The zero-order valence-electron chi connectivity index (χ0n) is 25.0. The highest BCUT2D eigenvalue weighted by molar-refractivity contribution is 5.92. The predicted octanol–water partition coefficient (Wildman–Crippen LogP) is 2.95. The average Bonchev–Trinajstić information content (AvgIpc) is 2.96. The van der Waals surface area contributed by atoms with E-state index in [1.54, 1.807) is 20.8 Å². The molecule has 0 heterocycles. The molecule has 6 N–H and O–H groups in total. The number of carbonyl (C=O) groups excluding carboxylic acids is 3. The zero-order chi connectivity index (χ0) is 32.1. The Kier molecular flexibility index (Phi) is 12.0. The van der Waals surface area contributed by atoms with Crippen LogP contribution in [-0.2, 0) is 27.3 Å². The van der Waals surface area contributed by atoms with Crippen LogP contribution in [0.4, 0.5) is 4.79 Å². The first-order valence-electron chi connectivity index (χ1n) is 14.2. The Bertz CT molecular complexity index is 1470. The minimum Gasteiger partial charge on any atom is -0.444 e. The average molecular weight is 606 g/mol. The molecule has 1 unspecified atom stereocenters. The van der Waals surface area contributed by atoms with Gasteiger partial charge >= 0.3 is 6.09 Å². The molecular weight excluding hydrogens is 566 g/mol. The second kappa shape index (κ2) is 15.9. The molecule has 44 heavy (non-hydrogen) atoms. The van der Waals surface area contributed by atoms with E-state index in [4.69, 9.17) is 10.5 Å². The molecule has 3 rings (SSSR count). The molecule has 0 bridgehead atoms. The van der Waals surface area contributed by atoms with Crippen LogP contribution in [0, 0.1) is 10.1 Å². The number of nitrogens with one attached hydrogen (secondary N) is 4. The summed E-state index contributed by atoms with van der Waals surface area (Å²) >= 11 is 0. The topological polar surface area (TPSA) is 190 Å². The van der Waals surface area contributed by atoms with Crippen LogP contribution >= 0.6 is 0 Å². The SMILES string of the molecule is CC(C)(C)OC(=O)N[C@H](Cc1ccccc1)C(=O)NC(CCCNC(N)=N[N+](=O)[O-])C(=O)NCc1cccc2ccccc12. The first kappa shape index (κ1) is 33.3. The fourth-order valence-corrected chi connectivity index (χ4v) is 4.45. The van der Waals surface area contributed by atoms with Gasteiger partial charge in [0.2, 0.25) is 11.8 Å². The summed E-state index contributed by atoms with van der Waals surface area (Å²) in [7, 11) is 0. The predicted molar refractivity (Wildman–Crippen MR) is 167 cm³/mol. The molecule has 0 radical (unpaired) electrons. The standard InChI is InChI=1S/C31H39N7O6/c1-31(2,3)44-30(41)36-26(19-21-11-5-4-6-12-21)28(40)35-25(17-10-18-33-29(32)37-38(42)43)27(39)34-20-23-15-9-14-22-13-7-8-16-24(22)23/h4-9,11-16,25-26H,10,17-20H2,1-3H3,(H,34,39)(H,35,40)(H,36,41)(H3,32,33,37)/t25?,26-/m1/s1. The van der Waals surface area contributed by atoms with Crippen molar-refractivity contribution in [2.45, 2.75) is 64.3 Å². The lowest BCUT2D eigenvalue weighted by atomic mass is 10.0. The van der Waals surface area contributed by atoms with Crippen LogP contribution < -0.4 is 27.0 Å². The number of fused-ring (bicyclic) bond motifs is 1. The van der Waals surface area contributed by atoms with Gasteiger partial charge in [0.05, 0.1) is 0 Å². The number of hydrazone groups is 1. The number of nitrogens with two attached hydrogens (primary N) is 1. The number of hydrogen-bond donors (Lipinski definition) is 5. The number of guanidine groups is 1. The van der Waals surface area contributed by atoms with Crippen molar-refractivity contribution < 1.29 is 24.2 Å². The lowest BCUT2D eigenvalue weighted by molar-refractivity contribution is -0.485. The van der Waals surface area contributed by atoms with Gasteiger partial charge in [-0.15, -0.1) is 0 Å². The highest BCUT2D eigenvalue weighted by Gasteiger charge is 2.28. The minimum atomic E-state index is -1.04. The molecule has 13 heteroatoms. The third-order valence-electron chi connectivity index (χ3n) is 6.42. The Balaban J connectivity index is 1.76. The van der Waals surface area contributed by atoms with E-state index in [9.17, 15) is 24.5 Å². The monoisotopic (exact) mass is 605 g/mol. The van der Waals surface area contributed by atoms with E-state index in [2.05, 4.69) is 26.4 Å². The van der Waals surface area contributed by atoms with Gasteiger partial charge in [-0.2, -0.15) is 0 Å². The third kappa shape index (κ3) is 11.2. The first-order valence-corrected chi connectivity index (χ1v) is 14.2. The maximum absolute atomic E-state index is 13.6. The highest BCUT2D eigenvalue weighted by Crippen LogP contribution is 2.18.